The SMILES string of the molecule is COC(=O)C(=O)N(C)CCc1c[nH]c2ccccc12. The summed E-state index contributed by atoms with van der Waals surface area (Å²) in [4.78, 5) is 27.2. The number of ether oxygens (including phenoxy) is 1. The van der Waals surface area contributed by atoms with Crippen molar-refractivity contribution in [1.29, 1.82) is 0 Å². The van der Waals surface area contributed by atoms with Crippen molar-refractivity contribution in [3.05, 3.63) is 36.0 Å². The summed E-state index contributed by atoms with van der Waals surface area (Å²) in [6.45, 7) is 0.468. The summed E-state index contributed by atoms with van der Waals surface area (Å²) in [5, 5.41) is 1.14. The third-order valence-corrected chi connectivity index (χ3v) is 3.10. The smallest absolute Gasteiger partial charge is 0.396 e. The molecule has 1 amide bonds. The summed E-state index contributed by atoms with van der Waals surface area (Å²) >= 11 is 0. The molecule has 0 aliphatic rings. The fourth-order valence-corrected chi connectivity index (χ4v) is 1.97. The summed E-state index contributed by atoms with van der Waals surface area (Å²) in [5.41, 5.74) is 2.19. The molecule has 2 rings (SSSR count). The zero-order chi connectivity index (χ0) is 13.8. The van der Waals surface area contributed by atoms with E-state index in [1.807, 2.05) is 30.5 Å². The van der Waals surface area contributed by atoms with Crippen LogP contribution in [0.4, 0.5) is 0 Å². The summed E-state index contributed by atoms with van der Waals surface area (Å²) in [6, 6.07) is 7.98. The molecule has 0 radical (unpaired) electrons. The van der Waals surface area contributed by atoms with Gasteiger partial charge in [0.1, 0.15) is 0 Å². The normalized spacial score (nSPS) is 10.4. The summed E-state index contributed by atoms with van der Waals surface area (Å²) in [7, 11) is 2.79. The lowest BCUT2D eigenvalue weighted by atomic mass is 10.1. The molecular weight excluding hydrogens is 244 g/mol. The van der Waals surface area contributed by atoms with Gasteiger partial charge >= 0.3 is 11.9 Å². The summed E-state index contributed by atoms with van der Waals surface area (Å²) < 4.78 is 4.40. The maximum Gasteiger partial charge on any atom is 0.396 e. The highest BCUT2D eigenvalue weighted by Crippen LogP contribution is 2.18. The number of para-hydroxylation sites is 1. The second kappa shape index (κ2) is 5.56. The van der Waals surface area contributed by atoms with Crippen molar-refractivity contribution >= 4 is 22.8 Å². The van der Waals surface area contributed by atoms with E-state index in [0.29, 0.717) is 13.0 Å². The van der Waals surface area contributed by atoms with Crippen LogP contribution in [0.5, 0.6) is 0 Å². The van der Waals surface area contributed by atoms with Crippen LogP contribution in [0.3, 0.4) is 0 Å². The fraction of sp³-hybridized carbons (Fsp3) is 0.286. The maximum absolute atomic E-state index is 11.5. The van der Waals surface area contributed by atoms with Crippen LogP contribution in [-0.2, 0) is 20.7 Å². The molecule has 0 spiro atoms. The molecule has 0 bridgehead atoms. The molecular formula is C14H16N2O3. The number of amides is 1. The second-order valence-corrected chi connectivity index (χ2v) is 4.33. The molecule has 0 saturated heterocycles. The Balaban J connectivity index is 2.03. The number of methoxy groups -OCH3 is 1. The number of hydrogen-bond donors (Lipinski definition) is 1. The maximum atomic E-state index is 11.5. The Morgan fingerprint density at radius 1 is 1.32 bits per heavy atom. The van der Waals surface area contributed by atoms with E-state index in [4.69, 9.17) is 0 Å². The molecule has 0 unspecified atom stereocenters. The highest BCUT2D eigenvalue weighted by molar-refractivity contribution is 6.32. The molecule has 0 aliphatic carbocycles. The Morgan fingerprint density at radius 2 is 2.05 bits per heavy atom. The standard InChI is InChI=1S/C14H16N2O3/c1-16(13(17)14(18)19-2)8-7-10-9-15-12-6-4-3-5-11(10)12/h3-6,9,15H,7-8H2,1-2H3. The fourth-order valence-electron chi connectivity index (χ4n) is 1.97. The molecule has 0 fully saturated rings. The first-order valence-electron chi connectivity index (χ1n) is 6.02. The molecule has 1 heterocycles. The van der Waals surface area contributed by atoms with Crippen molar-refractivity contribution in [3.63, 3.8) is 0 Å². The van der Waals surface area contributed by atoms with E-state index in [9.17, 15) is 9.59 Å². The van der Waals surface area contributed by atoms with Gasteiger partial charge in [-0.2, -0.15) is 0 Å². The highest BCUT2D eigenvalue weighted by atomic mass is 16.5. The van der Waals surface area contributed by atoms with Crippen LogP contribution in [0.2, 0.25) is 0 Å². The number of aromatic nitrogens is 1. The summed E-state index contributed by atoms with van der Waals surface area (Å²) in [5.74, 6) is -1.45. The van der Waals surface area contributed by atoms with Crippen LogP contribution in [0.25, 0.3) is 10.9 Å². The van der Waals surface area contributed by atoms with Gasteiger partial charge in [-0.1, -0.05) is 18.2 Å². The Hall–Kier alpha value is -2.30. The van der Waals surface area contributed by atoms with E-state index in [2.05, 4.69) is 9.72 Å². The average molecular weight is 260 g/mol. The van der Waals surface area contributed by atoms with Crippen LogP contribution >= 0.6 is 0 Å². The van der Waals surface area contributed by atoms with Crippen LogP contribution < -0.4 is 0 Å². The number of carbonyl (C=O) groups excluding carboxylic acids is 2. The minimum absolute atomic E-state index is 0.468. The number of nitrogens with one attached hydrogen (secondary N) is 1. The molecule has 0 saturated carbocycles. The number of likely N-dealkylation sites (N-methyl/N-ethyl adjacent to an activating group) is 1. The van der Waals surface area contributed by atoms with E-state index in [-0.39, 0.29) is 0 Å². The summed E-state index contributed by atoms with van der Waals surface area (Å²) in [6.07, 6.45) is 2.62. The quantitative estimate of drug-likeness (QED) is 0.669. The van der Waals surface area contributed by atoms with Crippen molar-refractivity contribution < 1.29 is 14.3 Å². The van der Waals surface area contributed by atoms with Gasteiger partial charge in [0.05, 0.1) is 7.11 Å². The molecule has 5 heteroatoms. The molecule has 5 nitrogen and oxygen atoms in total. The minimum Gasteiger partial charge on any atom is -0.462 e. The molecule has 19 heavy (non-hydrogen) atoms. The number of nitrogens with zero attached hydrogens (tertiary/aromatic N) is 1. The van der Waals surface area contributed by atoms with Crippen molar-refractivity contribution in [2.75, 3.05) is 20.7 Å². The molecule has 2 aromatic rings. The number of hydrogen-bond acceptors (Lipinski definition) is 3. The average Bonchev–Trinajstić information content (AvgIpc) is 2.86. The van der Waals surface area contributed by atoms with Gasteiger partial charge in [-0.05, 0) is 18.1 Å². The molecule has 1 N–H and O–H groups in total. The number of fused-ring (bicyclic) bond motifs is 1. The number of H-pyrrole nitrogens is 1. The molecule has 0 atom stereocenters. The van der Waals surface area contributed by atoms with Gasteiger partial charge in [0.2, 0.25) is 0 Å². The van der Waals surface area contributed by atoms with Crippen LogP contribution in [0.1, 0.15) is 5.56 Å². The topological polar surface area (TPSA) is 62.4 Å². The van der Waals surface area contributed by atoms with Crippen LogP contribution in [0.15, 0.2) is 30.5 Å². The third kappa shape index (κ3) is 2.76. The van der Waals surface area contributed by atoms with Gasteiger partial charge in [-0.25, -0.2) is 4.79 Å². The number of carbonyl (C=O) groups is 2. The Bertz CT molecular complexity index is 604. The lowest BCUT2D eigenvalue weighted by Crippen LogP contribution is -2.35. The van der Waals surface area contributed by atoms with E-state index in [0.717, 1.165) is 16.5 Å². The van der Waals surface area contributed by atoms with Gasteiger partial charge in [0.15, 0.2) is 0 Å². The van der Waals surface area contributed by atoms with Crippen LogP contribution in [-0.4, -0.2) is 42.5 Å². The Kier molecular flexibility index (Phi) is 3.85. The zero-order valence-electron chi connectivity index (χ0n) is 11.0. The van der Waals surface area contributed by atoms with Crippen molar-refractivity contribution in [3.8, 4) is 0 Å². The van der Waals surface area contributed by atoms with E-state index >= 15 is 0 Å². The van der Waals surface area contributed by atoms with Crippen molar-refractivity contribution in [1.82, 2.24) is 9.88 Å². The molecule has 100 valence electrons. The van der Waals surface area contributed by atoms with Crippen molar-refractivity contribution in [2.24, 2.45) is 0 Å². The van der Waals surface area contributed by atoms with E-state index < -0.39 is 11.9 Å². The molecule has 1 aromatic carbocycles. The number of rotatable bonds is 3. The largest absolute Gasteiger partial charge is 0.462 e. The minimum atomic E-state index is -0.832. The highest BCUT2D eigenvalue weighted by Gasteiger charge is 2.18. The third-order valence-electron chi connectivity index (χ3n) is 3.10. The first-order chi connectivity index (χ1) is 9.13. The first kappa shape index (κ1) is 13.1. The molecule has 1 aromatic heterocycles. The lowest BCUT2D eigenvalue weighted by Gasteiger charge is -2.14. The number of esters is 1. The van der Waals surface area contributed by atoms with Crippen molar-refractivity contribution in [2.45, 2.75) is 6.42 Å². The van der Waals surface area contributed by atoms with Gasteiger partial charge in [0.25, 0.3) is 0 Å². The van der Waals surface area contributed by atoms with Crippen LogP contribution in [0, 0.1) is 0 Å². The zero-order valence-corrected chi connectivity index (χ0v) is 11.0. The molecule has 0 aliphatic heterocycles. The monoisotopic (exact) mass is 260 g/mol. The Morgan fingerprint density at radius 3 is 2.79 bits per heavy atom. The number of benzene rings is 1. The van der Waals surface area contributed by atoms with Gasteiger partial charge in [-0.15, -0.1) is 0 Å². The lowest BCUT2D eigenvalue weighted by molar-refractivity contribution is -0.157. The van der Waals surface area contributed by atoms with E-state index in [1.165, 1.54) is 12.0 Å². The van der Waals surface area contributed by atoms with E-state index in [1.54, 1.807) is 7.05 Å². The van der Waals surface area contributed by atoms with Gasteiger partial charge in [0, 0.05) is 30.7 Å². The first-order valence-corrected chi connectivity index (χ1v) is 6.02. The van der Waals surface area contributed by atoms with Gasteiger partial charge in [-0.3, -0.25) is 4.79 Å². The second-order valence-electron chi connectivity index (χ2n) is 4.33. The predicted molar refractivity (Wildman–Crippen MR) is 71.7 cm³/mol. The predicted octanol–water partition coefficient (Wildman–Crippen LogP) is 1.34. The van der Waals surface area contributed by atoms with Gasteiger partial charge < -0.3 is 14.6 Å². The Labute approximate surface area is 111 Å². The number of aromatic amines is 1.